The molecule has 1 aliphatic heterocycles. The second-order valence-corrected chi connectivity index (χ2v) is 1.87. The Morgan fingerprint density at radius 2 is 2.64 bits per heavy atom. The molecule has 1 aliphatic rings. The van der Waals surface area contributed by atoms with Gasteiger partial charge in [0, 0.05) is 6.21 Å². The fraction of sp³-hybridized carbons (Fsp3) is 0.429. The molecule has 4 nitrogen and oxygen atoms in total. The van der Waals surface area contributed by atoms with Crippen LogP contribution in [-0.2, 0) is 14.3 Å². The number of carbonyl (C=O) groups is 1. The summed E-state index contributed by atoms with van der Waals surface area (Å²) >= 11 is 0. The van der Waals surface area contributed by atoms with Gasteiger partial charge in [-0.25, -0.2) is 9.79 Å². The number of esters is 1. The lowest BCUT2D eigenvalue weighted by Crippen LogP contribution is -2.24. The quantitative estimate of drug-likeness (QED) is 0.545. The van der Waals surface area contributed by atoms with Crippen molar-refractivity contribution >= 4 is 12.2 Å². The van der Waals surface area contributed by atoms with Crippen molar-refractivity contribution in [1.29, 1.82) is 0 Å². The van der Waals surface area contributed by atoms with E-state index in [0.717, 1.165) is 0 Å². The summed E-state index contributed by atoms with van der Waals surface area (Å²) < 4.78 is 9.51. The van der Waals surface area contributed by atoms with Crippen molar-refractivity contribution in [3.05, 3.63) is 12.3 Å². The second-order valence-electron chi connectivity index (χ2n) is 1.87. The highest BCUT2D eigenvalue weighted by atomic mass is 16.6. The van der Waals surface area contributed by atoms with Crippen molar-refractivity contribution < 1.29 is 14.3 Å². The van der Waals surface area contributed by atoms with Crippen LogP contribution in [-0.4, -0.2) is 25.0 Å². The molecule has 0 amide bonds. The molecular formula is C7H9NO3. The van der Waals surface area contributed by atoms with Crippen LogP contribution in [0.5, 0.6) is 0 Å². The smallest absolute Gasteiger partial charge is 0.371 e. The Kier molecular flexibility index (Phi) is 2.66. The van der Waals surface area contributed by atoms with Gasteiger partial charge in [0.2, 0.25) is 0 Å². The van der Waals surface area contributed by atoms with Gasteiger partial charge in [0.1, 0.15) is 0 Å². The van der Waals surface area contributed by atoms with Crippen molar-refractivity contribution in [3.8, 4) is 0 Å². The molecule has 0 radical (unpaired) electrons. The Morgan fingerprint density at radius 3 is 3.18 bits per heavy atom. The molecule has 0 saturated carbocycles. The largest absolute Gasteiger partial charge is 0.465 e. The monoisotopic (exact) mass is 155 g/mol. The van der Waals surface area contributed by atoms with E-state index in [1.807, 2.05) is 0 Å². The number of carbonyl (C=O) groups excluding carboxylic acids is 1. The molecule has 1 unspecified atom stereocenters. The summed E-state index contributed by atoms with van der Waals surface area (Å²) in [4.78, 5) is 14.6. The first kappa shape index (κ1) is 7.78. The lowest BCUT2D eigenvalue weighted by atomic mass is 10.5. The van der Waals surface area contributed by atoms with Gasteiger partial charge in [-0.15, -0.1) is 0 Å². The molecule has 0 aromatic carbocycles. The zero-order chi connectivity index (χ0) is 8.10. The van der Waals surface area contributed by atoms with Crippen molar-refractivity contribution in [3.63, 3.8) is 0 Å². The standard InChI is InChI=1S/C7H9NO3/c1-2-10-7(9)6-8-4-3-5-11-6/h3-6H,2H2,1H3. The van der Waals surface area contributed by atoms with Gasteiger partial charge in [-0.3, -0.25) is 0 Å². The maximum atomic E-state index is 10.9. The molecule has 11 heavy (non-hydrogen) atoms. The van der Waals surface area contributed by atoms with E-state index in [9.17, 15) is 4.79 Å². The fourth-order valence-electron chi connectivity index (χ4n) is 0.648. The maximum Gasteiger partial charge on any atom is 0.371 e. The van der Waals surface area contributed by atoms with E-state index in [2.05, 4.69) is 9.73 Å². The Hall–Kier alpha value is -1.32. The molecule has 4 heteroatoms. The summed E-state index contributed by atoms with van der Waals surface area (Å²) in [6.45, 7) is 2.08. The van der Waals surface area contributed by atoms with Crippen LogP contribution >= 0.6 is 0 Å². The Bertz CT molecular complexity index is 198. The van der Waals surface area contributed by atoms with Crippen LogP contribution < -0.4 is 0 Å². The van der Waals surface area contributed by atoms with Crippen LogP contribution in [0.25, 0.3) is 0 Å². The summed E-state index contributed by atoms with van der Waals surface area (Å²) in [6.07, 6.45) is 3.72. The first-order valence-electron chi connectivity index (χ1n) is 3.35. The summed E-state index contributed by atoms with van der Waals surface area (Å²) in [6, 6.07) is 0. The third-order valence-corrected chi connectivity index (χ3v) is 1.08. The Balaban J connectivity index is 2.42. The lowest BCUT2D eigenvalue weighted by Gasteiger charge is -2.11. The van der Waals surface area contributed by atoms with E-state index in [1.54, 1.807) is 13.0 Å². The first-order valence-corrected chi connectivity index (χ1v) is 3.35. The van der Waals surface area contributed by atoms with Crippen LogP contribution in [0.15, 0.2) is 17.3 Å². The van der Waals surface area contributed by atoms with Gasteiger partial charge in [0.25, 0.3) is 6.23 Å². The molecule has 1 rings (SSSR count). The van der Waals surface area contributed by atoms with Gasteiger partial charge < -0.3 is 9.47 Å². The van der Waals surface area contributed by atoms with Crippen LogP contribution in [0.1, 0.15) is 6.92 Å². The Morgan fingerprint density at radius 1 is 1.82 bits per heavy atom. The second kappa shape index (κ2) is 3.75. The molecule has 1 heterocycles. The average molecular weight is 155 g/mol. The number of allylic oxidation sites excluding steroid dienone is 1. The topological polar surface area (TPSA) is 47.9 Å². The molecule has 0 spiro atoms. The predicted octanol–water partition coefficient (Wildman–Crippen LogP) is 0.490. The molecule has 1 atom stereocenters. The molecule has 0 saturated heterocycles. The van der Waals surface area contributed by atoms with E-state index >= 15 is 0 Å². The predicted molar refractivity (Wildman–Crippen MR) is 39.1 cm³/mol. The molecule has 0 fully saturated rings. The summed E-state index contributed by atoms with van der Waals surface area (Å²) in [5.74, 6) is -0.451. The molecule has 0 N–H and O–H groups in total. The number of rotatable bonds is 2. The highest BCUT2D eigenvalue weighted by molar-refractivity contribution is 5.80. The average Bonchev–Trinajstić information content (AvgIpc) is 2.07. The summed E-state index contributed by atoms with van der Waals surface area (Å²) in [5.41, 5.74) is 0. The third kappa shape index (κ3) is 2.07. The maximum absolute atomic E-state index is 10.9. The van der Waals surface area contributed by atoms with Crippen molar-refractivity contribution in [1.82, 2.24) is 0 Å². The first-order chi connectivity index (χ1) is 5.34. The molecular weight excluding hydrogens is 146 g/mol. The minimum Gasteiger partial charge on any atom is -0.465 e. The molecule has 0 bridgehead atoms. The minimum absolute atomic E-state index is 0.345. The van der Waals surface area contributed by atoms with E-state index in [0.29, 0.717) is 6.61 Å². The van der Waals surface area contributed by atoms with Crippen LogP contribution in [0.2, 0.25) is 0 Å². The molecule has 0 aromatic rings. The van der Waals surface area contributed by atoms with E-state index in [4.69, 9.17) is 4.74 Å². The lowest BCUT2D eigenvalue weighted by molar-refractivity contribution is -0.152. The van der Waals surface area contributed by atoms with E-state index in [1.165, 1.54) is 12.5 Å². The van der Waals surface area contributed by atoms with Gasteiger partial charge in [0.15, 0.2) is 0 Å². The van der Waals surface area contributed by atoms with Crippen molar-refractivity contribution in [2.45, 2.75) is 13.2 Å². The highest BCUT2D eigenvalue weighted by Gasteiger charge is 2.18. The normalized spacial score (nSPS) is 21.0. The number of hydrogen-bond donors (Lipinski definition) is 0. The van der Waals surface area contributed by atoms with Crippen LogP contribution in [0.4, 0.5) is 0 Å². The molecule has 0 aromatic heterocycles. The van der Waals surface area contributed by atoms with E-state index < -0.39 is 12.2 Å². The summed E-state index contributed by atoms with van der Waals surface area (Å²) in [7, 11) is 0. The number of aliphatic imine (C=N–C) groups is 1. The number of hydrogen-bond acceptors (Lipinski definition) is 4. The SMILES string of the molecule is CCOC(=O)C1N=CC=CO1. The van der Waals surface area contributed by atoms with Gasteiger partial charge >= 0.3 is 5.97 Å². The van der Waals surface area contributed by atoms with Crippen LogP contribution in [0.3, 0.4) is 0 Å². The highest BCUT2D eigenvalue weighted by Crippen LogP contribution is 2.01. The molecule has 60 valence electrons. The van der Waals surface area contributed by atoms with Gasteiger partial charge in [-0.1, -0.05) is 0 Å². The van der Waals surface area contributed by atoms with Crippen molar-refractivity contribution in [2.75, 3.05) is 6.61 Å². The van der Waals surface area contributed by atoms with Crippen LogP contribution in [0, 0.1) is 0 Å². The van der Waals surface area contributed by atoms with Gasteiger partial charge in [-0.05, 0) is 13.0 Å². The number of ether oxygens (including phenoxy) is 2. The zero-order valence-electron chi connectivity index (χ0n) is 6.19. The number of nitrogens with zero attached hydrogens (tertiary/aromatic N) is 1. The van der Waals surface area contributed by atoms with E-state index in [-0.39, 0.29) is 0 Å². The van der Waals surface area contributed by atoms with Gasteiger partial charge in [-0.2, -0.15) is 0 Å². The Labute approximate surface area is 64.5 Å². The zero-order valence-corrected chi connectivity index (χ0v) is 6.19. The molecule has 0 aliphatic carbocycles. The fourth-order valence-corrected chi connectivity index (χ4v) is 0.648. The third-order valence-electron chi connectivity index (χ3n) is 1.08. The van der Waals surface area contributed by atoms with Crippen molar-refractivity contribution in [2.24, 2.45) is 4.99 Å². The summed E-state index contributed by atoms with van der Waals surface area (Å²) in [5, 5.41) is 0. The van der Waals surface area contributed by atoms with Gasteiger partial charge in [0.05, 0.1) is 12.9 Å². The minimum atomic E-state index is -0.806.